The summed E-state index contributed by atoms with van der Waals surface area (Å²) < 4.78 is 6.95. The second-order valence-corrected chi connectivity index (χ2v) is 5.86. The molecule has 3 aromatic rings. The van der Waals surface area contributed by atoms with Crippen LogP contribution in [0.25, 0.3) is 11.3 Å². The smallest absolute Gasteiger partial charge is 0.268 e. The van der Waals surface area contributed by atoms with E-state index in [9.17, 15) is 4.79 Å². The monoisotopic (exact) mass is 339 g/mol. The first kappa shape index (κ1) is 16.9. The van der Waals surface area contributed by atoms with Crippen LogP contribution >= 0.6 is 0 Å². The van der Waals surface area contributed by atoms with Crippen LogP contribution in [-0.2, 0) is 24.9 Å². The molecule has 0 aliphatic heterocycles. The van der Waals surface area contributed by atoms with Crippen LogP contribution < -0.4 is 5.32 Å². The van der Waals surface area contributed by atoms with Gasteiger partial charge in [0.2, 0.25) is 0 Å². The highest BCUT2D eigenvalue weighted by Gasteiger charge is 2.15. The maximum atomic E-state index is 12.5. The molecule has 2 aromatic heterocycles. The number of aryl methyl sites for hydroxylation is 1. The van der Waals surface area contributed by atoms with Crippen molar-refractivity contribution in [1.29, 1.82) is 0 Å². The summed E-state index contributed by atoms with van der Waals surface area (Å²) in [4.78, 5) is 12.5. The fourth-order valence-electron chi connectivity index (χ4n) is 2.76. The molecule has 25 heavy (non-hydrogen) atoms. The van der Waals surface area contributed by atoms with E-state index in [-0.39, 0.29) is 5.91 Å². The van der Waals surface area contributed by atoms with Crippen molar-refractivity contribution in [2.24, 2.45) is 7.05 Å². The molecule has 0 fully saturated rings. The molecule has 0 saturated heterocycles. The summed E-state index contributed by atoms with van der Waals surface area (Å²) >= 11 is 0. The lowest BCUT2D eigenvalue weighted by atomic mass is 10.1. The lowest BCUT2D eigenvalue weighted by Crippen LogP contribution is -2.25. The van der Waals surface area contributed by atoms with Gasteiger partial charge in [-0.3, -0.25) is 4.79 Å². The number of nitrogens with zero attached hydrogens (tertiary/aromatic N) is 3. The molecular formula is C18H21N5O2. The molecule has 0 aliphatic carbocycles. The number of hydrogen-bond acceptors (Lipinski definition) is 4. The Labute approximate surface area is 146 Å². The number of hydrogen-bond donors (Lipinski definition) is 2. The van der Waals surface area contributed by atoms with Gasteiger partial charge in [0.25, 0.3) is 5.91 Å². The maximum absolute atomic E-state index is 12.5. The second-order valence-electron chi connectivity index (χ2n) is 5.86. The summed E-state index contributed by atoms with van der Waals surface area (Å²) in [5.41, 5.74) is 5.21. The van der Waals surface area contributed by atoms with Crippen molar-refractivity contribution in [3.63, 3.8) is 0 Å². The first-order valence-corrected chi connectivity index (χ1v) is 7.98. The molecule has 2 N–H and O–H groups in total. The number of H-pyrrole nitrogens is 1. The Hall–Kier alpha value is -2.93. The van der Waals surface area contributed by atoms with Gasteiger partial charge in [-0.2, -0.15) is 15.4 Å². The lowest BCUT2D eigenvalue weighted by molar-refractivity contribution is 0.0942. The van der Waals surface area contributed by atoms with Gasteiger partial charge in [0.15, 0.2) is 0 Å². The summed E-state index contributed by atoms with van der Waals surface area (Å²) in [6.45, 7) is 2.69. The average molecular weight is 339 g/mol. The van der Waals surface area contributed by atoms with E-state index in [1.54, 1.807) is 7.11 Å². The second kappa shape index (κ2) is 7.31. The van der Waals surface area contributed by atoms with Crippen molar-refractivity contribution in [3.8, 4) is 11.3 Å². The molecule has 0 saturated carbocycles. The zero-order valence-corrected chi connectivity index (χ0v) is 14.5. The summed E-state index contributed by atoms with van der Waals surface area (Å²) in [7, 11) is 3.48. The van der Waals surface area contributed by atoms with Crippen LogP contribution in [0.15, 0.2) is 36.4 Å². The summed E-state index contributed by atoms with van der Waals surface area (Å²) in [5.74, 6) is -0.159. The topological polar surface area (TPSA) is 84.8 Å². The average Bonchev–Trinajstić information content (AvgIpc) is 3.19. The van der Waals surface area contributed by atoms with Crippen LogP contribution in [-0.4, -0.2) is 33.0 Å². The first-order chi connectivity index (χ1) is 12.1. The molecule has 130 valence electrons. The molecule has 0 atom stereocenters. The first-order valence-electron chi connectivity index (χ1n) is 7.98. The standard InChI is InChI=1S/C18H21N5O2/c1-12-5-4-6-13(9-12)16-7-8-17(23(16)2)18(24)19-10-14-15(11-25-3)21-22-20-14/h4-9H,10-11H2,1-3H3,(H,19,24)(H,20,21,22). The van der Waals surface area contributed by atoms with E-state index >= 15 is 0 Å². The number of amides is 1. The van der Waals surface area contributed by atoms with Gasteiger partial charge >= 0.3 is 0 Å². The molecule has 0 radical (unpaired) electrons. The van der Waals surface area contributed by atoms with E-state index in [2.05, 4.69) is 39.8 Å². The third kappa shape index (κ3) is 3.61. The van der Waals surface area contributed by atoms with Gasteiger partial charge in [0.1, 0.15) is 17.1 Å². The van der Waals surface area contributed by atoms with Crippen LogP contribution in [0.4, 0.5) is 0 Å². The van der Waals surface area contributed by atoms with E-state index < -0.39 is 0 Å². The fourth-order valence-corrected chi connectivity index (χ4v) is 2.76. The number of aromatic nitrogens is 4. The van der Waals surface area contributed by atoms with Crippen LogP contribution in [0, 0.1) is 6.92 Å². The predicted molar refractivity (Wildman–Crippen MR) is 93.9 cm³/mol. The molecule has 7 nitrogen and oxygen atoms in total. The number of nitrogens with one attached hydrogen (secondary N) is 2. The third-order valence-electron chi connectivity index (χ3n) is 4.07. The van der Waals surface area contributed by atoms with Gasteiger partial charge in [-0.15, -0.1) is 0 Å². The van der Waals surface area contributed by atoms with Gasteiger partial charge in [0, 0.05) is 19.9 Å². The van der Waals surface area contributed by atoms with E-state index in [1.165, 1.54) is 5.56 Å². The highest BCUT2D eigenvalue weighted by molar-refractivity contribution is 5.93. The van der Waals surface area contributed by atoms with Crippen LogP contribution in [0.3, 0.4) is 0 Å². The molecule has 2 heterocycles. The SMILES string of the molecule is COCc1n[nH]nc1CNC(=O)c1ccc(-c2cccc(C)c2)n1C. The number of ether oxygens (including phenoxy) is 1. The van der Waals surface area contributed by atoms with E-state index in [0.29, 0.717) is 30.2 Å². The molecule has 1 aromatic carbocycles. The molecule has 0 aliphatic rings. The minimum Gasteiger partial charge on any atom is -0.378 e. The summed E-state index contributed by atoms with van der Waals surface area (Å²) in [6, 6.07) is 12.0. The van der Waals surface area contributed by atoms with Gasteiger partial charge in [-0.05, 0) is 30.7 Å². The zero-order valence-electron chi connectivity index (χ0n) is 14.5. The predicted octanol–water partition coefficient (Wildman–Crippen LogP) is 2.20. The highest BCUT2D eigenvalue weighted by Crippen LogP contribution is 2.22. The molecule has 1 amide bonds. The van der Waals surface area contributed by atoms with Crippen molar-refractivity contribution in [3.05, 3.63) is 59.0 Å². The van der Waals surface area contributed by atoms with Gasteiger partial charge < -0.3 is 14.6 Å². The van der Waals surface area contributed by atoms with Crippen LogP contribution in [0.5, 0.6) is 0 Å². The fraction of sp³-hybridized carbons (Fsp3) is 0.278. The Morgan fingerprint density at radius 3 is 2.80 bits per heavy atom. The summed E-state index contributed by atoms with van der Waals surface area (Å²) in [5, 5.41) is 13.5. The number of carbonyl (C=O) groups excluding carboxylic acids is 1. The number of rotatable bonds is 6. The summed E-state index contributed by atoms with van der Waals surface area (Å²) in [6.07, 6.45) is 0. The number of methoxy groups -OCH3 is 1. The Morgan fingerprint density at radius 1 is 1.24 bits per heavy atom. The van der Waals surface area contributed by atoms with E-state index in [4.69, 9.17) is 4.74 Å². The van der Waals surface area contributed by atoms with Crippen LogP contribution in [0.1, 0.15) is 27.4 Å². The molecular weight excluding hydrogens is 318 g/mol. The third-order valence-corrected chi connectivity index (χ3v) is 4.07. The number of benzene rings is 1. The maximum Gasteiger partial charge on any atom is 0.268 e. The Bertz CT molecular complexity index is 881. The lowest BCUT2D eigenvalue weighted by Gasteiger charge is -2.09. The Morgan fingerprint density at radius 2 is 2.04 bits per heavy atom. The van der Waals surface area contributed by atoms with Gasteiger partial charge in [-0.1, -0.05) is 23.8 Å². The van der Waals surface area contributed by atoms with Crippen molar-refractivity contribution < 1.29 is 9.53 Å². The largest absolute Gasteiger partial charge is 0.378 e. The Kier molecular flexibility index (Phi) is 4.95. The normalized spacial score (nSPS) is 10.8. The molecule has 3 rings (SSSR count). The van der Waals surface area contributed by atoms with Gasteiger partial charge in [-0.25, -0.2) is 0 Å². The number of aromatic amines is 1. The molecule has 7 heteroatoms. The highest BCUT2D eigenvalue weighted by atomic mass is 16.5. The minimum atomic E-state index is -0.159. The number of carbonyl (C=O) groups is 1. The van der Waals surface area contributed by atoms with Gasteiger partial charge in [0.05, 0.1) is 13.2 Å². The van der Waals surface area contributed by atoms with Crippen molar-refractivity contribution >= 4 is 5.91 Å². The van der Waals surface area contributed by atoms with Crippen molar-refractivity contribution in [2.75, 3.05) is 7.11 Å². The molecule has 0 unspecified atom stereocenters. The minimum absolute atomic E-state index is 0.159. The van der Waals surface area contributed by atoms with Crippen molar-refractivity contribution in [2.45, 2.75) is 20.1 Å². The molecule has 0 bridgehead atoms. The van der Waals surface area contributed by atoms with Crippen LogP contribution in [0.2, 0.25) is 0 Å². The van der Waals surface area contributed by atoms with Crippen molar-refractivity contribution in [1.82, 2.24) is 25.3 Å². The molecule has 0 spiro atoms. The Balaban J connectivity index is 1.74. The quantitative estimate of drug-likeness (QED) is 0.721. The zero-order chi connectivity index (χ0) is 17.8. The van der Waals surface area contributed by atoms with E-state index in [0.717, 1.165) is 11.3 Å². The van der Waals surface area contributed by atoms with E-state index in [1.807, 2.05) is 35.9 Å².